The Hall–Kier alpha value is -1.38. The fourth-order valence-corrected chi connectivity index (χ4v) is 1.09. The van der Waals surface area contributed by atoms with E-state index in [1.54, 1.807) is 13.1 Å². The number of hydrogen-bond acceptors (Lipinski definition) is 3. The molecule has 1 unspecified atom stereocenters. The number of furan rings is 1. The Morgan fingerprint density at radius 2 is 2.36 bits per heavy atom. The standard InChI is InChI=1S/C8H7NO2/c1-5-8(10)7-4-11-3-6(7)2-9-5/h2-5H,1H3. The lowest BCUT2D eigenvalue weighted by atomic mass is 10.0. The topological polar surface area (TPSA) is 42.6 Å². The second kappa shape index (κ2) is 2.05. The van der Waals surface area contributed by atoms with Gasteiger partial charge in [0.05, 0.1) is 11.8 Å². The molecular weight excluding hydrogens is 142 g/mol. The maximum Gasteiger partial charge on any atom is 0.190 e. The summed E-state index contributed by atoms with van der Waals surface area (Å²) in [4.78, 5) is 15.3. The van der Waals surface area contributed by atoms with E-state index in [9.17, 15) is 4.79 Å². The van der Waals surface area contributed by atoms with Crippen molar-refractivity contribution in [2.24, 2.45) is 4.99 Å². The van der Waals surface area contributed by atoms with Crippen LogP contribution < -0.4 is 0 Å². The van der Waals surface area contributed by atoms with Gasteiger partial charge in [-0.25, -0.2) is 0 Å². The molecule has 1 aliphatic rings. The molecule has 0 spiro atoms. The second-order valence-corrected chi connectivity index (χ2v) is 2.56. The Bertz CT molecular complexity index is 325. The molecule has 0 saturated heterocycles. The van der Waals surface area contributed by atoms with Crippen LogP contribution in [0.25, 0.3) is 0 Å². The second-order valence-electron chi connectivity index (χ2n) is 2.56. The van der Waals surface area contributed by atoms with Crippen molar-refractivity contribution in [3.63, 3.8) is 0 Å². The first-order chi connectivity index (χ1) is 5.29. The van der Waals surface area contributed by atoms with Gasteiger partial charge in [0.15, 0.2) is 5.78 Å². The number of aliphatic imine (C=N–C) groups is 1. The quantitative estimate of drug-likeness (QED) is 0.557. The molecule has 2 rings (SSSR count). The van der Waals surface area contributed by atoms with E-state index < -0.39 is 0 Å². The van der Waals surface area contributed by atoms with E-state index in [1.165, 1.54) is 12.5 Å². The molecule has 0 fully saturated rings. The number of fused-ring (bicyclic) bond motifs is 1. The minimum atomic E-state index is -0.250. The van der Waals surface area contributed by atoms with Crippen molar-refractivity contribution in [1.29, 1.82) is 0 Å². The minimum absolute atomic E-state index is 0.0382. The molecule has 0 saturated carbocycles. The van der Waals surface area contributed by atoms with Crippen molar-refractivity contribution in [2.75, 3.05) is 0 Å². The van der Waals surface area contributed by atoms with Crippen LogP contribution >= 0.6 is 0 Å². The van der Waals surface area contributed by atoms with Gasteiger partial charge < -0.3 is 4.42 Å². The molecule has 2 heterocycles. The van der Waals surface area contributed by atoms with E-state index in [0.717, 1.165) is 5.56 Å². The number of carbonyl (C=O) groups is 1. The minimum Gasteiger partial charge on any atom is -0.471 e. The van der Waals surface area contributed by atoms with E-state index in [2.05, 4.69) is 4.99 Å². The van der Waals surface area contributed by atoms with Crippen LogP contribution in [0.2, 0.25) is 0 Å². The summed E-state index contributed by atoms with van der Waals surface area (Å²) in [6, 6.07) is -0.250. The highest BCUT2D eigenvalue weighted by molar-refractivity contribution is 6.09. The van der Waals surface area contributed by atoms with Crippen LogP contribution in [0, 0.1) is 0 Å². The summed E-state index contributed by atoms with van der Waals surface area (Å²) in [6.45, 7) is 1.77. The van der Waals surface area contributed by atoms with Gasteiger partial charge in [0.1, 0.15) is 12.3 Å². The molecular formula is C8H7NO2. The molecule has 0 N–H and O–H groups in total. The van der Waals surface area contributed by atoms with Crippen molar-refractivity contribution in [1.82, 2.24) is 0 Å². The van der Waals surface area contributed by atoms with Crippen LogP contribution in [0.1, 0.15) is 22.8 Å². The van der Waals surface area contributed by atoms with Gasteiger partial charge in [-0.3, -0.25) is 9.79 Å². The molecule has 0 radical (unpaired) electrons. The van der Waals surface area contributed by atoms with E-state index in [1.807, 2.05) is 0 Å². The number of Topliss-reactive ketones (excluding diaryl/α,β-unsaturated/α-hetero) is 1. The van der Waals surface area contributed by atoms with Crippen LogP contribution in [-0.4, -0.2) is 18.0 Å². The van der Waals surface area contributed by atoms with Crippen LogP contribution in [0.3, 0.4) is 0 Å². The lowest BCUT2D eigenvalue weighted by Crippen LogP contribution is -2.19. The van der Waals surface area contributed by atoms with Gasteiger partial charge in [-0.2, -0.15) is 0 Å². The Kier molecular flexibility index (Phi) is 1.18. The maximum absolute atomic E-state index is 11.3. The van der Waals surface area contributed by atoms with Gasteiger partial charge in [0, 0.05) is 11.8 Å². The Morgan fingerprint density at radius 1 is 1.55 bits per heavy atom. The Balaban J connectivity index is 2.57. The van der Waals surface area contributed by atoms with Crippen molar-refractivity contribution in [3.05, 3.63) is 23.7 Å². The zero-order valence-corrected chi connectivity index (χ0v) is 6.07. The first-order valence-electron chi connectivity index (χ1n) is 3.42. The van der Waals surface area contributed by atoms with E-state index in [4.69, 9.17) is 4.42 Å². The van der Waals surface area contributed by atoms with Gasteiger partial charge in [-0.05, 0) is 6.92 Å². The van der Waals surface area contributed by atoms with Gasteiger partial charge in [0.2, 0.25) is 0 Å². The predicted molar refractivity (Wildman–Crippen MR) is 40.1 cm³/mol. The highest BCUT2D eigenvalue weighted by atomic mass is 16.3. The first kappa shape index (κ1) is 6.34. The smallest absolute Gasteiger partial charge is 0.190 e. The molecule has 3 nitrogen and oxygen atoms in total. The third-order valence-corrected chi connectivity index (χ3v) is 1.77. The largest absolute Gasteiger partial charge is 0.471 e. The maximum atomic E-state index is 11.3. The molecule has 1 aliphatic heterocycles. The first-order valence-corrected chi connectivity index (χ1v) is 3.42. The van der Waals surface area contributed by atoms with Crippen LogP contribution in [0.15, 0.2) is 21.9 Å². The molecule has 1 aromatic heterocycles. The van der Waals surface area contributed by atoms with E-state index >= 15 is 0 Å². The summed E-state index contributed by atoms with van der Waals surface area (Å²) < 4.78 is 4.87. The Labute approximate surface area is 63.7 Å². The van der Waals surface area contributed by atoms with Gasteiger partial charge in [-0.1, -0.05) is 0 Å². The van der Waals surface area contributed by atoms with Crippen LogP contribution in [0.4, 0.5) is 0 Å². The van der Waals surface area contributed by atoms with E-state index in [0.29, 0.717) is 5.56 Å². The summed E-state index contributed by atoms with van der Waals surface area (Å²) in [5.74, 6) is 0.0382. The lowest BCUT2D eigenvalue weighted by molar-refractivity contribution is 0.0966. The average Bonchev–Trinajstić information content (AvgIpc) is 2.45. The summed E-state index contributed by atoms with van der Waals surface area (Å²) in [5.41, 5.74) is 1.43. The molecule has 56 valence electrons. The molecule has 0 bridgehead atoms. The summed E-state index contributed by atoms with van der Waals surface area (Å²) >= 11 is 0. The zero-order valence-electron chi connectivity index (χ0n) is 6.07. The Morgan fingerprint density at radius 3 is 3.18 bits per heavy atom. The SMILES string of the molecule is CC1N=Cc2cocc2C1=O. The molecule has 3 heteroatoms. The monoisotopic (exact) mass is 149 g/mol. The summed E-state index contributed by atoms with van der Waals surface area (Å²) in [7, 11) is 0. The highest BCUT2D eigenvalue weighted by Gasteiger charge is 2.21. The molecule has 0 aliphatic carbocycles. The zero-order chi connectivity index (χ0) is 7.84. The molecule has 1 atom stereocenters. The van der Waals surface area contributed by atoms with Crippen molar-refractivity contribution < 1.29 is 9.21 Å². The third kappa shape index (κ3) is 0.808. The summed E-state index contributed by atoms with van der Waals surface area (Å²) in [6.07, 6.45) is 4.67. The average molecular weight is 149 g/mol. The predicted octanol–water partition coefficient (Wildman–Crippen LogP) is 1.28. The number of hydrogen-bond donors (Lipinski definition) is 0. The fourth-order valence-electron chi connectivity index (χ4n) is 1.09. The normalized spacial score (nSPS) is 21.9. The highest BCUT2D eigenvalue weighted by Crippen LogP contribution is 2.16. The number of rotatable bonds is 0. The number of ketones is 1. The third-order valence-electron chi connectivity index (χ3n) is 1.77. The molecule has 11 heavy (non-hydrogen) atoms. The molecule has 0 amide bonds. The van der Waals surface area contributed by atoms with Crippen LogP contribution in [-0.2, 0) is 0 Å². The van der Waals surface area contributed by atoms with Crippen molar-refractivity contribution >= 4 is 12.0 Å². The number of carbonyl (C=O) groups excluding carboxylic acids is 1. The van der Waals surface area contributed by atoms with Gasteiger partial charge in [0.25, 0.3) is 0 Å². The fraction of sp³-hybridized carbons (Fsp3) is 0.250. The molecule has 1 aromatic rings. The number of nitrogens with zero attached hydrogens (tertiary/aromatic N) is 1. The van der Waals surface area contributed by atoms with Gasteiger partial charge >= 0.3 is 0 Å². The molecule has 0 aromatic carbocycles. The summed E-state index contributed by atoms with van der Waals surface area (Å²) in [5, 5.41) is 0. The lowest BCUT2D eigenvalue weighted by Gasteiger charge is -2.07. The van der Waals surface area contributed by atoms with Crippen LogP contribution in [0.5, 0.6) is 0 Å². The van der Waals surface area contributed by atoms with Gasteiger partial charge in [-0.15, -0.1) is 0 Å². The van der Waals surface area contributed by atoms with Crippen molar-refractivity contribution in [3.8, 4) is 0 Å². The van der Waals surface area contributed by atoms with Crippen molar-refractivity contribution in [2.45, 2.75) is 13.0 Å². The van der Waals surface area contributed by atoms with E-state index in [-0.39, 0.29) is 11.8 Å².